The molecular weight excluding hydrogens is 425 g/mol. The average Bonchev–Trinajstić information content (AvgIpc) is 3.30. The van der Waals surface area contributed by atoms with Crippen LogP contribution in [0.15, 0.2) is 36.5 Å². The van der Waals surface area contributed by atoms with Crippen LogP contribution in [0.5, 0.6) is 0 Å². The molecule has 2 aliphatic heterocycles. The summed E-state index contributed by atoms with van der Waals surface area (Å²) in [6.45, 7) is 6.79. The topological polar surface area (TPSA) is 85.4 Å². The number of nitrogens with zero attached hydrogens (tertiary/aromatic N) is 2. The fourth-order valence-electron chi connectivity index (χ4n) is 3.82. The molecule has 2 aromatic rings. The number of fused-ring (bicyclic) bond motifs is 1. The summed E-state index contributed by atoms with van der Waals surface area (Å²) in [5.74, 6) is 0.00158. The molecule has 4 rings (SSSR count). The molecule has 1 aromatic carbocycles. The van der Waals surface area contributed by atoms with Crippen LogP contribution < -0.4 is 10.6 Å². The van der Waals surface area contributed by atoms with Crippen LogP contribution >= 0.6 is 0 Å². The van der Waals surface area contributed by atoms with Gasteiger partial charge in [-0.2, -0.15) is 13.2 Å². The van der Waals surface area contributed by atoms with Gasteiger partial charge in [0.15, 0.2) is 0 Å². The van der Waals surface area contributed by atoms with Crippen LogP contribution in [0.3, 0.4) is 0 Å². The van der Waals surface area contributed by atoms with E-state index in [1.54, 1.807) is 6.20 Å². The van der Waals surface area contributed by atoms with Crippen molar-refractivity contribution in [1.29, 1.82) is 0 Å². The number of alkyl halides is 3. The molecule has 1 aromatic heterocycles. The Hall–Kier alpha value is -2.72. The number of carbonyl (C=O) groups is 1. The third kappa shape index (κ3) is 4.71. The summed E-state index contributed by atoms with van der Waals surface area (Å²) in [4.78, 5) is 21.4. The highest BCUT2D eigenvalue weighted by Crippen LogP contribution is 2.31. The molecule has 0 radical (unpaired) electrons. The third-order valence-corrected chi connectivity index (χ3v) is 5.58. The van der Waals surface area contributed by atoms with Crippen molar-refractivity contribution in [3.8, 4) is 0 Å². The van der Waals surface area contributed by atoms with Crippen molar-refractivity contribution < 1.29 is 27.4 Å². The number of halogens is 3. The number of aromatic nitrogens is 2. The van der Waals surface area contributed by atoms with E-state index >= 15 is 0 Å². The molecule has 1 amide bonds. The zero-order valence-electron chi connectivity index (χ0n) is 17.9. The Kier molecular flexibility index (Phi) is 5.85. The predicted octanol–water partition coefficient (Wildman–Crippen LogP) is 3.17. The molecule has 0 saturated carbocycles. The summed E-state index contributed by atoms with van der Waals surface area (Å²) < 4.78 is 49.9. The van der Waals surface area contributed by atoms with Crippen LogP contribution in [0.1, 0.15) is 42.4 Å². The minimum Gasteiger partial charge on any atom is -0.371 e. The SMILES string of the molecule is CC(C)(C)c1ccnc(NC2COC3C(NC(=O)c4ccc(C(F)(F)F)cc4)COC23)n1. The van der Waals surface area contributed by atoms with E-state index in [1.165, 1.54) is 0 Å². The van der Waals surface area contributed by atoms with E-state index in [-0.39, 0.29) is 35.8 Å². The number of amides is 1. The first-order chi connectivity index (χ1) is 15.0. The fraction of sp³-hybridized carbons (Fsp3) is 0.500. The number of benzene rings is 1. The lowest BCUT2D eigenvalue weighted by molar-refractivity contribution is -0.137. The molecule has 10 heteroatoms. The number of anilines is 1. The second-order valence-corrected chi connectivity index (χ2v) is 9.02. The maximum atomic E-state index is 12.7. The van der Waals surface area contributed by atoms with Crippen molar-refractivity contribution in [2.45, 2.75) is 56.7 Å². The molecule has 172 valence electrons. The highest BCUT2D eigenvalue weighted by atomic mass is 19.4. The van der Waals surface area contributed by atoms with Gasteiger partial charge in [0.25, 0.3) is 5.91 Å². The number of hydrogen-bond acceptors (Lipinski definition) is 6. The normalized spacial score (nSPS) is 25.4. The second kappa shape index (κ2) is 8.32. The lowest BCUT2D eigenvalue weighted by atomic mass is 9.92. The molecular formula is C22H25F3N4O3. The zero-order valence-corrected chi connectivity index (χ0v) is 17.9. The largest absolute Gasteiger partial charge is 0.416 e. The van der Waals surface area contributed by atoms with E-state index in [0.717, 1.165) is 30.0 Å². The van der Waals surface area contributed by atoms with Gasteiger partial charge in [-0.15, -0.1) is 0 Å². The van der Waals surface area contributed by atoms with E-state index in [1.807, 2.05) is 6.07 Å². The Morgan fingerprint density at radius 1 is 1.00 bits per heavy atom. The standard InChI is InChI=1S/C22H25F3N4O3/c1-21(2,3)16-8-9-26-20(29-16)28-15-11-32-17-14(10-31-18(15)17)27-19(30)12-4-6-13(7-5-12)22(23,24)25/h4-9,14-15,17-18H,10-11H2,1-3H3,(H,27,30)(H,26,28,29). The minimum absolute atomic E-state index is 0.119. The molecule has 7 nitrogen and oxygen atoms in total. The van der Waals surface area contributed by atoms with Gasteiger partial charge in [-0.25, -0.2) is 9.97 Å². The smallest absolute Gasteiger partial charge is 0.371 e. The van der Waals surface area contributed by atoms with E-state index in [0.29, 0.717) is 12.6 Å². The van der Waals surface area contributed by atoms with Gasteiger partial charge in [0.1, 0.15) is 12.2 Å². The monoisotopic (exact) mass is 450 g/mol. The summed E-state index contributed by atoms with van der Waals surface area (Å²) in [7, 11) is 0. The summed E-state index contributed by atoms with van der Waals surface area (Å²) in [6.07, 6.45) is -3.44. The third-order valence-electron chi connectivity index (χ3n) is 5.58. The number of carbonyl (C=O) groups excluding carboxylic acids is 1. The first-order valence-electron chi connectivity index (χ1n) is 10.3. The quantitative estimate of drug-likeness (QED) is 0.745. The molecule has 0 bridgehead atoms. The van der Waals surface area contributed by atoms with E-state index in [2.05, 4.69) is 41.4 Å². The van der Waals surface area contributed by atoms with Gasteiger partial charge in [-0.05, 0) is 30.3 Å². The molecule has 2 aliphatic rings. The van der Waals surface area contributed by atoms with Crippen molar-refractivity contribution in [1.82, 2.24) is 15.3 Å². The lowest BCUT2D eigenvalue weighted by Gasteiger charge is -2.21. The van der Waals surface area contributed by atoms with Crippen molar-refractivity contribution in [3.05, 3.63) is 53.3 Å². The van der Waals surface area contributed by atoms with Crippen molar-refractivity contribution in [3.63, 3.8) is 0 Å². The van der Waals surface area contributed by atoms with Crippen LogP contribution in [0.25, 0.3) is 0 Å². The molecule has 0 aliphatic carbocycles. The summed E-state index contributed by atoms with van der Waals surface area (Å²) in [5.41, 5.74) is 0.121. The van der Waals surface area contributed by atoms with Crippen molar-refractivity contribution >= 4 is 11.9 Å². The highest BCUT2D eigenvalue weighted by Gasteiger charge is 2.48. The van der Waals surface area contributed by atoms with E-state index in [9.17, 15) is 18.0 Å². The second-order valence-electron chi connectivity index (χ2n) is 9.02. The number of rotatable bonds is 4. The Morgan fingerprint density at radius 2 is 1.62 bits per heavy atom. The van der Waals surface area contributed by atoms with Crippen LogP contribution in [0.4, 0.5) is 19.1 Å². The zero-order chi connectivity index (χ0) is 23.1. The molecule has 4 atom stereocenters. The molecule has 3 heterocycles. The number of nitrogens with one attached hydrogen (secondary N) is 2. The summed E-state index contributed by atoms with van der Waals surface area (Å²) in [5, 5.41) is 6.07. The minimum atomic E-state index is -4.45. The Bertz CT molecular complexity index is 976. The van der Waals surface area contributed by atoms with Gasteiger partial charge in [-0.3, -0.25) is 4.79 Å². The van der Waals surface area contributed by atoms with Crippen LogP contribution in [-0.2, 0) is 21.1 Å². The van der Waals surface area contributed by atoms with Crippen LogP contribution in [0, 0.1) is 0 Å². The van der Waals surface area contributed by atoms with Crippen LogP contribution in [0.2, 0.25) is 0 Å². The summed E-state index contributed by atoms with van der Waals surface area (Å²) in [6, 6.07) is 5.36. The number of hydrogen-bond donors (Lipinski definition) is 2. The average molecular weight is 450 g/mol. The molecule has 2 saturated heterocycles. The van der Waals surface area contributed by atoms with Crippen molar-refractivity contribution in [2.24, 2.45) is 0 Å². The van der Waals surface area contributed by atoms with Gasteiger partial charge in [-0.1, -0.05) is 20.8 Å². The lowest BCUT2D eigenvalue weighted by Crippen LogP contribution is -2.44. The molecule has 2 N–H and O–H groups in total. The van der Waals surface area contributed by atoms with Gasteiger partial charge in [0, 0.05) is 17.2 Å². The predicted molar refractivity (Wildman–Crippen MR) is 110 cm³/mol. The van der Waals surface area contributed by atoms with Crippen molar-refractivity contribution in [2.75, 3.05) is 18.5 Å². The molecule has 4 unspecified atom stereocenters. The van der Waals surface area contributed by atoms with Gasteiger partial charge in [0.05, 0.1) is 36.6 Å². The Morgan fingerprint density at radius 3 is 2.25 bits per heavy atom. The van der Waals surface area contributed by atoms with Gasteiger partial charge in [0.2, 0.25) is 5.95 Å². The highest BCUT2D eigenvalue weighted by molar-refractivity contribution is 5.94. The molecule has 2 fully saturated rings. The number of ether oxygens (including phenoxy) is 2. The Balaban J connectivity index is 1.37. The molecule has 0 spiro atoms. The summed E-state index contributed by atoms with van der Waals surface area (Å²) >= 11 is 0. The fourth-order valence-corrected chi connectivity index (χ4v) is 3.82. The maximum absolute atomic E-state index is 12.7. The first-order valence-corrected chi connectivity index (χ1v) is 10.3. The first kappa shape index (κ1) is 22.5. The van der Waals surface area contributed by atoms with E-state index < -0.39 is 23.7 Å². The van der Waals surface area contributed by atoms with E-state index in [4.69, 9.17) is 9.47 Å². The maximum Gasteiger partial charge on any atom is 0.416 e. The van der Waals surface area contributed by atoms with Gasteiger partial charge < -0.3 is 20.1 Å². The van der Waals surface area contributed by atoms with Crippen LogP contribution in [-0.4, -0.2) is 53.4 Å². The van der Waals surface area contributed by atoms with Gasteiger partial charge >= 0.3 is 6.18 Å². The Labute approximate surface area is 183 Å². The molecule has 32 heavy (non-hydrogen) atoms.